The second-order valence-electron chi connectivity index (χ2n) is 4.80. The number of hydrogen-bond donors (Lipinski definition) is 1. The third-order valence-electron chi connectivity index (χ3n) is 3.14. The average Bonchev–Trinajstić information content (AvgIpc) is 3.16. The van der Waals surface area contributed by atoms with E-state index in [2.05, 4.69) is 11.4 Å². The van der Waals surface area contributed by atoms with Crippen molar-refractivity contribution in [2.45, 2.75) is 38.3 Å². The molecule has 0 bridgehead atoms. The van der Waals surface area contributed by atoms with Crippen LogP contribution in [0.5, 0.6) is 0 Å². The highest BCUT2D eigenvalue weighted by Crippen LogP contribution is 2.29. The average molecular weight is 288 g/mol. The van der Waals surface area contributed by atoms with Gasteiger partial charge < -0.3 is 10.1 Å². The number of ether oxygens (including phenoxy) is 1. The van der Waals surface area contributed by atoms with Crippen LogP contribution in [0.15, 0.2) is 12.1 Å². The maximum atomic E-state index is 6.23. The second kappa shape index (κ2) is 6.76. The van der Waals surface area contributed by atoms with Gasteiger partial charge in [0.25, 0.3) is 0 Å². The Morgan fingerprint density at radius 3 is 2.78 bits per heavy atom. The van der Waals surface area contributed by atoms with E-state index in [1.54, 1.807) is 7.11 Å². The number of hydrogen-bond acceptors (Lipinski definition) is 2. The lowest BCUT2D eigenvalue weighted by Gasteiger charge is -2.10. The molecule has 18 heavy (non-hydrogen) atoms. The Morgan fingerprint density at radius 2 is 2.11 bits per heavy atom. The van der Waals surface area contributed by atoms with Gasteiger partial charge in [-0.25, -0.2) is 0 Å². The molecule has 4 heteroatoms. The number of methoxy groups -OCH3 is 1. The van der Waals surface area contributed by atoms with E-state index in [0.29, 0.717) is 16.1 Å². The molecule has 1 aromatic rings. The molecule has 2 nitrogen and oxygen atoms in total. The fourth-order valence-corrected chi connectivity index (χ4v) is 2.38. The topological polar surface area (TPSA) is 21.3 Å². The molecule has 100 valence electrons. The Labute approximate surface area is 119 Å². The van der Waals surface area contributed by atoms with Crippen molar-refractivity contribution in [2.24, 2.45) is 0 Å². The van der Waals surface area contributed by atoms with Crippen molar-refractivity contribution in [3.8, 4) is 0 Å². The quantitative estimate of drug-likeness (QED) is 0.770. The van der Waals surface area contributed by atoms with E-state index in [9.17, 15) is 0 Å². The minimum absolute atomic E-state index is 0.652. The summed E-state index contributed by atoms with van der Waals surface area (Å²) < 4.78 is 5.06. The predicted molar refractivity (Wildman–Crippen MR) is 76.5 cm³/mol. The maximum Gasteiger partial charge on any atom is 0.0637 e. The molecule has 1 fully saturated rings. The summed E-state index contributed by atoms with van der Waals surface area (Å²) in [6, 6.07) is 4.79. The molecule has 0 heterocycles. The third kappa shape index (κ3) is 4.13. The number of benzene rings is 1. The summed E-state index contributed by atoms with van der Waals surface area (Å²) in [7, 11) is 1.72. The molecule has 1 N–H and O–H groups in total. The standard InChI is InChI=1S/C14H19Cl2NO/c1-18-6-2-3-10-7-11(9-17-12-4-5-12)14(16)13(15)8-10/h7-8,12,17H,2-6,9H2,1H3. The lowest BCUT2D eigenvalue weighted by Crippen LogP contribution is -2.15. The summed E-state index contributed by atoms with van der Waals surface area (Å²) in [5.74, 6) is 0. The SMILES string of the molecule is COCCCc1cc(Cl)c(Cl)c(CNC2CC2)c1. The zero-order valence-corrected chi connectivity index (χ0v) is 12.2. The van der Waals surface area contributed by atoms with E-state index in [1.807, 2.05) is 6.07 Å². The Kier molecular flexibility index (Phi) is 5.31. The largest absolute Gasteiger partial charge is 0.385 e. The fraction of sp³-hybridized carbons (Fsp3) is 0.571. The van der Waals surface area contributed by atoms with Crippen LogP contribution in [-0.4, -0.2) is 19.8 Å². The van der Waals surface area contributed by atoms with Gasteiger partial charge >= 0.3 is 0 Å². The number of nitrogens with one attached hydrogen (secondary N) is 1. The molecule has 1 aromatic carbocycles. The number of aryl methyl sites for hydroxylation is 1. The zero-order valence-electron chi connectivity index (χ0n) is 10.6. The minimum atomic E-state index is 0.652. The summed E-state index contributed by atoms with van der Waals surface area (Å²) in [5, 5.41) is 4.80. The Bertz CT molecular complexity index is 405. The lowest BCUT2D eigenvalue weighted by molar-refractivity contribution is 0.195. The van der Waals surface area contributed by atoms with Gasteiger partial charge in [-0.15, -0.1) is 0 Å². The van der Waals surface area contributed by atoms with Crippen LogP contribution in [0, 0.1) is 0 Å². The highest BCUT2D eigenvalue weighted by Gasteiger charge is 2.20. The monoisotopic (exact) mass is 287 g/mol. The van der Waals surface area contributed by atoms with Gasteiger partial charge in [0.15, 0.2) is 0 Å². The Balaban J connectivity index is 2.00. The summed E-state index contributed by atoms with van der Waals surface area (Å²) in [6.45, 7) is 1.58. The molecule has 2 rings (SSSR count). The number of rotatable bonds is 7. The normalized spacial score (nSPS) is 15.1. The van der Waals surface area contributed by atoms with Gasteiger partial charge in [-0.2, -0.15) is 0 Å². The second-order valence-corrected chi connectivity index (χ2v) is 5.59. The van der Waals surface area contributed by atoms with Crippen molar-refractivity contribution in [1.82, 2.24) is 5.32 Å². The highest BCUT2D eigenvalue weighted by molar-refractivity contribution is 6.42. The summed E-state index contributed by atoms with van der Waals surface area (Å²) in [5.41, 5.74) is 2.33. The van der Waals surface area contributed by atoms with E-state index in [0.717, 1.165) is 31.6 Å². The maximum absolute atomic E-state index is 6.23. The van der Waals surface area contributed by atoms with Crippen LogP contribution in [0.3, 0.4) is 0 Å². The molecular formula is C14H19Cl2NO. The van der Waals surface area contributed by atoms with E-state index < -0.39 is 0 Å². The Hall–Kier alpha value is -0.280. The molecule has 1 aliphatic carbocycles. The highest BCUT2D eigenvalue weighted by atomic mass is 35.5. The van der Waals surface area contributed by atoms with Crippen LogP contribution in [0.4, 0.5) is 0 Å². The minimum Gasteiger partial charge on any atom is -0.385 e. The van der Waals surface area contributed by atoms with Crippen molar-refractivity contribution in [3.63, 3.8) is 0 Å². The number of halogens is 2. The van der Waals surface area contributed by atoms with Gasteiger partial charge in [0.05, 0.1) is 10.0 Å². The molecule has 1 aliphatic rings. The fourth-order valence-electron chi connectivity index (χ4n) is 1.94. The van der Waals surface area contributed by atoms with Crippen LogP contribution in [0.2, 0.25) is 10.0 Å². The first-order valence-corrected chi connectivity index (χ1v) is 7.15. The first-order valence-electron chi connectivity index (χ1n) is 6.40. The molecule has 0 saturated heterocycles. The first kappa shape index (κ1) is 14.1. The summed E-state index contributed by atoms with van der Waals surface area (Å²) >= 11 is 12.4. The molecule has 0 radical (unpaired) electrons. The van der Waals surface area contributed by atoms with Crippen LogP contribution >= 0.6 is 23.2 Å². The van der Waals surface area contributed by atoms with Crippen molar-refractivity contribution >= 4 is 23.2 Å². The van der Waals surface area contributed by atoms with Crippen LogP contribution < -0.4 is 5.32 Å². The van der Waals surface area contributed by atoms with Gasteiger partial charge in [-0.1, -0.05) is 29.3 Å². The van der Waals surface area contributed by atoms with Gasteiger partial charge in [-0.3, -0.25) is 0 Å². The van der Waals surface area contributed by atoms with Crippen LogP contribution in [0.1, 0.15) is 30.4 Å². The molecule has 0 spiro atoms. The Morgan fingerprint density at radius 1 is 1.33 bits per heavy atom. The van der Waals surface area contributed by atoms with Crippen LogP contribution in [0.25, 0.3) is 0 Å². The zero-order chi connectivity index (χ0) is 13.0. The molecular weight excluding hydrogens is 269 g/mol. The van der Waals surface area contributed by atoms with Crippen molar-refractivity contribution < 1.29 is 4.74 Å². The van der Waals surface area contributed by atoms with E-state index in [-0.39, 0.29) is 0 Å². The molecule has 0 aromatic heterocycles. The first-order chi connectivity index (χ1) is 8.70. The summed E-state index contributed by atoms with van der Waals surface area (Å²) in [6.07, 6.45) is 4.53. The molecule has 0 amide bonds. The van der Waals surface area contributed by atoms with E-state index in [1.165, 1.54) is 18.4 Å². The van der Waals surface area contributed by atoms with Gasteiger partial charge in [0.2, 0.25) is 0 Å². The van der Waals surface area contributed by atoms with Crippen molar-refractivity contribution in [1.29, 1.82) is 0 Å². The van der Waals surface area contributed by atoms with E-state index >= 15 is 0 Å². The lowest BCUT2D eigenvalue weighted by atomic mass is 10.1. The van der Waals surface area contributed by atoms with Crippen molar-refractivity contribution in [3.05, 3.63) is 33.3 Å². The third-order valence-corrected chi connectivity index (χ3v) is 3.98. The smallest absolute Gasteiger partial charge is 0.0637 e. The van der Waals surface area contributed by atoms with Gasteiger partial charge in [0.1, 0.15) is 0 Å². The predicted octanol–water partition coefficient (Wildman–Crippen LogP) is 3.82. The van der Waals surface area contributed by atoms with E-state index in [4.69, 9.17) is 27.9 Å². The van der Waals surface area contributed by atoms with Crippen LogP contribution in [-0.2, 0) is 17.7 Å². The molecule has 0 aliphatic heterocycles. The van der Waals surface area contributed by atoms with Gasteiger partial charge in [-0.05, 0) is 42.9 Å². The van der Waals surface area contributed by atoms with Gasteiger partial charge in [0, 0.05) is 26.3 Å². The summed E-state index contributed by atoms with van der Waals surface area (Å²) in [4.78, 5) is 0. The molecule has 0 atom stereocenters. The molecule has 1 saturated carbocycles. The molecule has 0 unspecified atom stereocenters. The van der Waals surface area contributed by atoms with Crippen molar-refractivity contribution in [2.75, 3.05) is 13.7 Å².